The second kappa shape index (κ2) is 6.77. The first-order valence-corrected chi connectivity index (χ1v) is 10.9. The molecule has 4 aromatic rings. The molecule has 2 fully saturated rings. The number of nitrogens with zero attached hydrogens (tertiary/aromatic N) is 5. The number of aromatic amines is 1. The van der Waals surface area contributed by atoms with Crippen molar-refractivity contribution in [2.75, 3.05) is 4.90 Å². The maximum atomic E-state index is 12.6. The fraction of sp³-hybridized carbons (Fsp3) is 0.364. The fourth-order valence-corrected chi connectivity index (χ4v) is 5.61. The molecule has 0 amide bonds. The van der Waals surface area contributed by atoms with Crippen molar-refractivity contribution in [2.45, 2.75) is 43.8 Å². The van der Waals surface area contributed by atoms with E-state index in [1.54, 1.807) is 7.05 Å². The highest BCUT2D eigenvalue weighted by Gasteiger charge is 2.40. The molecule has 158 valence electrons. The van der Waals surface area contributed by atoms with Crippen molar-refractivity contribution in [3.63, 3.8) is 0 Å². The van der Waals surface area contributed by atoms with Crippen molar-refractivity contribution in [3.05, 3.63) is 46.2 Å². The SMILES string of the molecule is Cn1cnc2ccc(-c3c[nH]c4nc(N5[C@@H]6CC[C@H]5C[C@@H](N)C6)cnc34)c(Cl)c2c1=O. The van der Waals surface area contributed by atoms with Crippen LogP contribution < -0.4 is 16.2 Å². The smallest absolute Gasteiger partial charge is 0.262 e. The summed E-state index contributed by atoms with van der Waals surface area (Å²) in [4.78, 5) is 32.2. The van der Waals surface area contributed by atoms with Gasteiger partial charge < -0.3 is 20.2 Å². The van der Waals surface area contributed by atoms with Gasteiger partial charge in [-0.15, -0.1) is 0 Å². The lowest BCUT2D eigenvalue weighted by atomic mass is 9.98. The Bertz CT molecular complexity index is 1380. The number of fused-ring (bicyclic) bond motifs is 4. The van der Waals surface area contributed by atoms with E-state index >= 15 is 0 Å². The van der Waals surface area contributed by atoms with Gasteiger partial charge in [-0.1, -0.05) is 17.7 Å². The molecule has 31 heavy (non-hydrogen) atoms. The van der Waals surface area contributed by atoms with Crippen LogP contribution in [0, 0.1) is 0 Å². The largest absolute Gasteiger partial charge is 0.349 e. The number of hydrogen-bond acceptors (Lipinski definition) is 6. The molecule has 6 rings (SSSR count). The van der Waals surface area contributed by atoms with Crippen molar-refractivity contribution < 1.29 is 0 Å². The van der Waals surface area contributed by atoms with Crippen molar-refractivity contribution in [3.8, 4) is 11.1 Å². The van der Waals surface area contributed by atoms with Gasteiger partial charge in [0.15, 0.2) is 5.65 Å². The highest BCUT2D eigenvalue weighted by Crippen LogP contribution is 2.39. The summed E-state index contributed by atoms with van der Waals surface area (Å²) in [6.45, 7) is 0. The number of benzene rings is 1. The van der Waals surface area contributed by atoms with E-state index < -0.39 is 0 Å². The first kappa shape index (κ1) is 18.8. The van der Waals surface area contributed by atoms with Crippen LogP contribution in [0.25, 0.3) is 33.2 Å². The van der Waals surface area contributed by atoms with Crippen LogP contribution in [0.3, 0.4) is 0 Å². The Morgan fingerprint density at radius 3 is 2.71 bits per heavy atom. The quantitative estimate of drug-likeness (QED) is 0.501. The number of aromatic nitrogens is 5. The Kier molecular flexibility index (Phi) is 4.10. The molecule has 0 unspecified atom stereocenters. The van der Waals surface area contributed by atoms with Gasteiger partial charge in [-0.3, -0.25) is 4.79 Å². The molecule has 2 saturated heterocycles. The number of hydrogen-bond donors (Lipinski definition) is 2. The lowest BCUT2D eigenvalue weighted by molar-refractivity contribution is 0.412. The van der Waals surface area contributed by atoms with Gasteiger partial charge in [-0.2, -0.15) is 0 Å². The molecule has 3 N–H and O–H groups in total. The maximum Gasteiger partial charge on any atom is 0.262 e. The van der Waals surface area contributed by atoms with E-state index in [4.69, 9.17) is 27.3 Å². The molecular weight excluding hydrogens is 414 g/mol. The normalized spacial score (nSPS) is 23.2. The summed E-state index contributed by atoms with van der Waals surface area (Å²) >= 11 is 6.69. The highest BCUT2D eigenvalue weighted by atomic mass is 35.5. The first-order chi connectivity index (χ1) is 15.0. The van der Waals surface area contributed by atoms with Crippen molar-refractivity contribution >= 4 is 39.5 Å². The number of aryl methyl sites for hydroxylation is 1. The van der Waals surface area contributed by atoms with Crippen molar-refractivity contribution in [1.29, 1.82) is 0 Å². The van der Waals surface area contributed by atoms with Crippen molar-refractivity contribution in [1.82, 2.24) is 24.5 Å². The number of halogens is 1. The average molecular weight is 436 g/mol. The summed E-state index contributed by atoms with van der Waals surface area (Å²) in [6.07, 6.45) is 9.51. The zero-order chi connectivity index (χ0) is 21.3. The number of nitrogens with one attached hydrogen (secondary N) is 1. The van der Waals surface area contributed by atoms with Gasteiger partial charge in [0.1, 0.15) is 11.3 Å². The van der Waals surface area contributed by atoms with Crippen LogP contribution in [0.4, 0.5) is 5.82 Å². The third-order valence-corrected chi connectivity index (χ3v) is 7.11. The molecular formula is C22H22ClN7O. The van der Waals surface area contributed by atoms with E-state index in [2.05, 4.69) is 14.9 Å². The molecule has 0 radical (unpaired) electrons. The van der Waals surface area contributed by atoms with Gasteiger partial charge in [0.25, 0.3) is 5.56 Å². The molecule has 3 atom stereocenters. The molecule has 5 heterocycles. The third-order valence-electron chi connectivity index (χ3n) is 6.72. The summed E-state index contributed by atoms with van der Waals surface area (Å²) in [6, 6.07) is 4.84. The molecule has 1 aromatic carbocycles. The number of rotatable bonds is 2. The van der Waals surface area contributed by atoms with Gasteiger partial charge in [0.05, 0.1) is 28.4 Å². The summed E-state index contributed by atoms with van der Waals surface area (Å²) in [5.41, 5.74) is 9.60. The van der Waals surface area contributed by atoms with Crippen LogP contribution in [-0.4, -0.2) is 42.6 Å². The molecule has 2 bridgehead atoms. The predicted molar refractivity (Wildman–Crippen MR) is 121 cm³/mol. The van der Waals surface area contributed by atoms with E-state index in [0.717, 1.165) is 48.1 Å². The average Bonchev–Trinajstić information content (AvgIpc) is 3.29. The molecule has 0 saturated carbocycles. The van der Waals surface area contributed by atoms with Gasteiger partial charge in [0, 0.05) is 42.5 Å². The van der Waals surface area contributed by atoms with Crippen LogP contribution in [-0.2, 0) is 7.05 Å². The molecule has 2 aliphatic heterocycles. The lowest BCUT2D eigenvalue weighted by Crippen LogP contribution is -2.47. The molecule has 0 spiro atoms. The van der Waals surface area contributed by atoms with Gasteiger partial charge >= 0.3 is 0 Å². The second-order valence-electron chi connectivity index (χ2n) is 8.63. The van der Waals surface area contributed by atoms with Gasteiger partial charge in [0.2, 0.25) is 0 Å². The number of nitrogens with two attached hydrogens (primary N) is 1. The summed E-state index contributed by atoms with van der Waals surface area (Å²) in [5, 5.41) is 0.783. The summed E-state index contributed by atoms with van der Waals surface area (Å²) in [5.74, 6) is 0.892. The molecule has 0 aliphatic carbocycles. The molecule has 9 heteroatoms. The zero-order valence-electron chi connectivity index (χ0n) is 17.0. The minimum Gasteiger partial charge on any atom is -0.349 e. The van der Waals surface area contributed by atoms with E-state index in [0.29, 0.717) is 33.7 Å². The molecule has 8 nitrogen and oxygen atoms in total. The minimum absolute atomic E-state index is 0.177. The van der Waals surface area contributed by atoms with E-state index in [-0.39, 0.29) is 11.6 Å². The van der Waals surface area contributed by atoms with Gasteiger partial charge in [-0.25, -0.2) is 15.0 Å². The van der Waals surface area contributed by atoms with Crippen LogP contribution in [0.1, 0.15) is 25.7 Å². The fourth-order valence-electron chi connectivity index (χ4n) is 5.27. The Morgan fingerprint density at radius 1 is 1.16 bits per heavy atom. The molecule has 3 aromatic heterocycles. The summed E-state index contributed by atoms with van der Waals surface area (Å²) < 4.78 is 1.43. The van der Waals surface area contributed by atoms with E-state index in [1.165, 1.54) is 10.9 Å². The predicted octanol–water partition coefficient (Wildman–Crippen LogP) is 2.98. The Balaban J connectivity index is 1.45. The van der Waals surface area contributed by atoms with Crippen LogP contribution >= 0.6 is 11.6 Å². The Labute approximate surface area is 183 Å². The van der Waals surface area contributed by atoms with E-state index in [1.807, 2.05) is 24.5 Å². The topological polar surface area (TPSA) is 106 Å². The monoisotopic (exact) mass is 435 g/mol. The standard InChI is InChI=1S/C22H22ClN7O/c1-29-10-27-16-5-4-14(19(23)18(16)22(29)31)15-8-26-21-20(15)25-9-17(28-21)30-12-2-3-13(30)7-11(24)6-12/h4-5,8-13H,2-3,6-7,24H2,1H3,(H,26,28)/t11-,12+,13-. The Hall–Kier alpha value is -2.97. The second-order valence-corrected chi connectivity index (χ2v) is 9.01. The van der Waals surface area contributed by atoms with Crippen molar-refractivity contribution in [2.24, 2.45) is 12.8 Å². The number of anilines is 1. The van der Waals surface area contributed by atoms with Gasteiger partial charge in [-0.05, 0) is 31.7 Å². The highest BCUT2D eigenvalue weighted by molar-refractivity contribution is 6.38. The zero-order valence-corrected chi connectivity index (χ0v) is 17.8. The van der Waals surface area contributed by atoms with Crippen LogP contribution in [0.15, 0.2) is 35.6 Å². The third kappa shape index (κ3) is 2.78. The first-order valence-electron chi connectivity index (χ1n) is 10.5. The van der Waals surface area contributed by atoms with E-state index in [9.17, 15) is 4.79 Å². The maximum absolute atomic E-state index is 12.6. The van der Waals surface area contributed by atoms with Crippen LogP contribution in [0.2, 0.25) is 5.02 Å². The summed E-state index contributed by atoms with van der Waals surface area (Å²) in [7, 11) is 1.66. The van der Waals surface area contributed by atoms with Crippen LogP contribution in [0.5, 0.6) is 0 Å². The minimum atomic E-state index is -0.177. The lowest BCUT2D eigenvalue weighted by Gasteiger charge is -2.38. The number of piperidine rings is 1. The number of H-pyrrole nitrogens is 1. The Morgan fingerprint density at radius 2 is 1.94 bits per heavy atom. The molecule has 2 aliphatic rings.